The van der Waals surface area contributed by atoms with Crippen molar-refractivity contribution in [2.45, 2.75) is 25.5 Å². The number of halogens is 1. The van der Waals surface area contributed by atoms with E-state index in [4.69, 9.17) is 14.5 Å². The molecule has 0 amide bonds. The second kappa shape index (κ2) is 11.6. The van der Waals surface area contributed by atoms with Gasteiger partial charge in [0.25, 0.3) is 11.2 Å². The number of ether oxygens (including phenoxy) is 2. The summed E-state index contributed by atoms with van der Waals surface area (Å²) >= 11 is 1.16. The fourth-order valence-electron chi connectivity index (χ4n) is 5.95. The molecule has 10 heteroatoms. The van der Waals surface area contributed by atoms with Gasteiger partial charge >= 0.3 is 0 Å². The molecule has 0 bridgehead atoms. The number of fused-ring (bicyclic) bond motifs is 3. The Balaban J connectivity index is 1.38. The monoisotopic (exact) mass is 619 g/mol. The Kier molecular flexibility index (Phi) is 7.34. The highest BCUT2D eigenvalue weighted by Crippen LogP contribution is 2.41. The lowest BCUT2D eigenvalue weighted by molar-refractivity contribution is -0.385. The summed E-state index contributed by atoms with van der Waals surface area (Å²) in [5.74, 6) is 0.146. The smallest absolute Gasteiger partial charge is 0.280 e. The summed E-state index contributed by atoms with van der Waals surface area (Å²) in [6.45, 7) is 0.198. The Labute approximate surface area is 260 Å². The van der Waals surface area contributed by atoms with Crippen LogP contribution in [0.15, 0.2) is 106 Å². The zero-order chi connectivity index (χ0) is 31.1. The van der Waals surface area contributed by atoms with Crippen molar-refractivity contribution in [2.75, 3.05) is 7.11 Å². The lowest BCUT2D eigenvalue weighted by Crippen LogP contribution is -2.38. The van der Waals surface area contributed by atoms with E-state index in [-0.39, 0.29) is 39.5 Å². The van der Waals surface area contributed by atoms with Crippen LogP contribution in [-0.4, -0.2) is 16.6 Å². The van der Waals surface area contributed by atoms with Gasteiger partial charge in [-0.1, -0.05) is 78.1 Å². The van der Waals surface area contributed by atoms with E-state index in [1.165, 1.54) is 43.0 Å². The summed E-state index contributed by atoms with van der Waals surface area (Å²) in [5, 5.41) is 12.2. The number of hydrogen-bond donors (Lipinski definition) is 0. The molecule has 0 spiro atoms. The van der Waals surface area contributed by atoms with Gasteiger partial charge in [-0.2, -0.15) is 0 Å². The molecule has 1 aromatic heterocycles. The number of thiazole rings is 1. The zero-order valence-electron chi connectivity index (χ0n) is 24.1. The Hall–Kier alpha value is -5.35. The van der Waals surface area contributed by atoms with Gasteiger partial charge in [0.1, 0.15) is 12.4 Å². The van der Waals surface area contributed by atoms with Crippen LogP contribution in [-0.2, 0) is 13.0 Å². The van der Waals surface area contributed by atoms with Gasteiger partial charge < -0.3 is 9.47 Å². The summed E-state index contributed by atoms with van der Waals surface area (Å²) in [6, 6.07) is 26.0. The van der Waals surface area contributed by atoms with Crippen LogP contribution in [0.5, 0.6) is 11.5 Å². The maximum Gasteiger partial charge on any atom is 0.280 e. The molecule has 5 aromatic rings. The lowest BCUT2D eigenvalue weighted by atomic mass is 9.83. The number of nitro benzene ring substituents is 1. The Morgan fingerprint density at radius 3 is 2.53 bits per heavy atom. The largest absolute Gasteiger partial charge is 0.493 e. The third-order valence-corrected chi connectivity index (χ3v) is 9.08. The maximum atomic E-state index is 14.1. The summed E-state index contributed by atoms with van der Waals surface area (Å²) in [6.07, 6.45) is 2.98. The number of methoxy groups -OCH3 is 1. The topological polar surface area (TPSA) is 96.0 Å². The van der Waals surface area contributed by atoms with Gasteiger partial charge in [0, 0.05) is 5.56 Å². The van der Waals surface area contributed by atoms with Crippen molar-refractivity contribution in [3.05, 3.63) is 160 Å². The van der Waals surface area contributed by atoms with Crippen molar-refractivity contribution >= 4 is 28.8 Å². The fourth-order valence-corrected chi connectivity index (χ4v) is 6.95. The van der Waals surface area contributed by atoms with Gasteiger partial charge in [0.2, 0.25) is 0 Å². The second-order valence-corrected chi connectivity index (χ2v) is 11.8. The number of allylic oxidation sites excluding steroid dienone is 1. The quantitative estimate of drug-likeness (QED) is 0.166. The molecule has 45 heavy (non-hydrogen) atoms. The molecule has 1 aliphatic carbocycles. The average molecular weight is 620 g/mol. The van der Waals surface area contributed by atoms with Gasteiger partial charge in [-0.25, -0.2) is 9.38 Å². The van der Waals surface area contributed by atoms with E-state index >= 15 is 0 Å². The number of aryl methyl sites for hydroxylation is 1. The number of rotatable bonds is 7. The molecule has 2 heterocycles. The molecule has 4 aromatic carbocycles. The molecule has 0 unspecified atom stereocenters. The van der Waals surface area contributed by atoms with Crippen molar-refractivity contribution in [3.8, 4) is 11.5 Å². The van der Waals surface area contributed by atoms with Crippen molar-refractivity contribution in [1.29, 1.82) is 0 Å². The molecule has 1 atom stereocenters. The van der Waals surface area contributed by atoms with E-state index in [1.807, 2.05) is 48.5 Å². The van der Waals surface area contributed by atoms with Crippen molar-refractivity contribution < 1.29 is 18.8 Å². The molecule has 0 radical (unpaired) electrons. The molecule has 0 saturated heterocycles. The molecule has 224 valence electrons. The highest BCUT2D eigenvalue weighted by Gasteiger charge is 2.32. The Morgan fingerprint density at radius 2 is 1.78 bits per heavy atom. The number of nitrogens with zero attached hydrogens (tertiary/aromatic N) is 3. The van der Waals surface area contributed by atoms with E-state index in [0.29, 0.717) is 17.0 Å². The normalized spacial score (nSPS) is 15.5. The van der Waals surface area contributed by atoms with Crippen molar-refractivity contribution in [2.24, 2.45) is 4.99 Å². The van der Waals surface area contributed by atoms with Gasteiger partial charge in [0.15, 0.2) is 16.3 Å². The Morgan fingerprint density at radius 1 is 1.02 bits per heavy atom. The standard InChI is InChI=1S/C35H26FN3O5S/c1-43-29-17-24(28(39(41)42)19-30(29)44-20-21-7-3-2-4-8-21)18-31-34(40)38-33(23-11-14-25(36)15-12-23)27-16-13-22-9-5-6-10-26(22)32(27)37-35(38)45-31/h2-12,14-15,17-19,33H,13,16,20H2,1H3/b31-18+/t33-/m0/s1. The van der Waals surface area contributed by atoms with Crippen LogP contribution in [0.1, 0.15) is 40.3 Å². The number of aromatic nitrogens is 1. The molecule has 0 saturated carbocycles. The van der Waals surface area contributed by atoms with Crippen molar-refractivity contribution in [3.63, 3.8) is 0 Å². The first-order valence-electron chi connectivity index (χ1n) is 14.3. The summed E-state index contributed by atoms with van der Waals surface area (Å²) in [4.78, 5) is 31.3. The van der Waals surface area contributed by atoms with Crippen LogP contribution < -0.4 is 24.4 Å². The predicted octanol–water partition coefficient (Wildman–Crippen LogP) is 5.95. The van der Waals surface area contributed by atoms with E-state index in [9.17, 15) is 19.3 Å². The molecule has 7 rings (SSSR count). The molecule has 0 fully saturated rings. The number of hydrogen-bond acceptors (Lipinski definition) is 7. The average Bonchev–Trinajstić information content (AvgIpc) is 3.37. The highest BCUT2D eigenvalue weighted by molar-refractivity contribution is 7.07. The molecule has 2 aliphatic rings. The third-order valence-electron chi connectivity index (χ3n) is 8.09. The van der Waals surface area contributed by atoms with E-state index < -0.39 is 11.0 Å². The molecular weight excluding hydrogens is 593 g/mol. The third kappa shape index (κ3) is 5.23. The minimum Gasteiger partial charge on any atom is -0.493 e. The maximum absolute atomic E-state index is 14.1. The van der Waals surface area contributed by atoms with Crippen LogP contribution in [0, 0.1) is 15.9 Å². The Bertz CT molecular complexity index is 2170. The van der Waals surface area contributed by atoms with Crippen molar-refractivity contribution in [1.82, 2.24) is 4.57 Å². The highest BCUT2D eigenvalue weighted by atomic mass is 32.1. The van der Waals surface area contributed by atoms with Gasteiger partial charge in [-0.3, -0.25) is 19.5 Å². The van der Waals surface area contributed by atoms with E-state index in [1.54, 1.807) is 16.7 Å². The first kappa shape index (κ1) is 28.4. The molecule has 0 N–H and O–H groups in total. The fraction of sp³-hybridized carbons (Fsp3) is 0.143. The van der Waals surface area contributed by atoms with E-state index in [2.05, 4.69) is 6.07 Å². The second-order valence-electron chi connectivity index (χ2n) is 10.8. The molecular formula is C35H26FN3O5S. The minimum atomic E-state index is -0.505. The van der Waals surface area contributed by atoms with Crippen LogP contribution >= 0.6 is 11.3 Å². The lowest BCUT2D eigenvalue weighted by Gasteiger charge is -2.30. The van der Waals surface area contributed by atoms with Crippen LogP contribution in [0.25, 0.3) is 11.8 Å². The number of nitro groups is 1. The van der Waals surface area contributed by atoms with Crippen LogP contribution in [0.2, 0.25) is 0 Å². The molecule has 8 nitrogen and oxygen atoms in total. The van der Waals surface area contributed by atoms with E-state index in [0.717, 1.165) is 45.7 Å². The SMILES string of the molecule is COc1cc(/C=c2/sc3n(c2=O)[C@@H](c2ccc(F)cc2)C2=C(N=3)c3ccccc3CC2)c([N+](=O)[O-])cc1OCc1ccccc1. The van der Waals surface area contributed by atoms with Gasteiger partial charge in [-0.15, -0.1) is 0 Å². The first-order chi connectivity index (χ1) is 21.9. The van der Waals surface area contributed by atoms with Crippen LogP contribution in [0.4, 0.5) is 10.1 Å². The zero-order valence-corrected chi connectivity index (χ0v) is 24.9. The predicted molar refractivity (Wildman–Crippen MR) is 170 cm³/mol. The van der Waals surface area contributed by atoms with Gasteiger partial charge in [-0.05, 0) is 59.4 Å². The van der Waals surface area contributed by atoms with Crippen LogP contribution in [0.3, 0.4) is 0 Å². The van der Waals surface area contributed by atoms with Gasteiger partial charge in [0.05, 0.1) is 39.9 Å². The number of benzene rings is 4. The summed E-state index contributed by atoms with van der Waals surface area (Å²) < 4.78 is 27.3. The minimum absolute atomic E-state index is 0.196. The summed E-state index contributed by atoms with van der Waals surface area (Å²) in [5.41, 5.74) is 5.26. The first-order valence-corrected chi connectivity index (χ1v) is 15.1. The summed E-state index contributed by atoms with van der Waals surface area (Å²) in [7, 11) is 1.46. The molecule has 1 aliphatic heterocycles.